The molecule has 0 aliphatic rings. The summed E-state index contributed by atoms with van der Waals surface area (Å²) in [6.07, 6.45) is -8.23. The molecule has 7 heteroatoms. The zero-order valence-electron chi connectivity index (χ0n) is 12.9. The lowest BCUT2D eigenvalue weighted by Crippen LogP contribution is -2.30. The van der Waals surface area contributed by atoms with Crippen molar-refractivity contribution in [1.82, 2.24) is 0 Å². The number of rotatable bonds is 3. The lowest BCUT2D eigenvalue weighted by Gasteiger charge is -2.20. The number of alkyl halides is 3. The second kappa shape index (κ2) is 6.56. The predicted molar refractivity (Wildman–Crippen MR) is 76.8 cm³/mol. The fourth-order valence-corrected chi connectivity index (χ4v) is 1.75. The van der Waals surface area contributed by atoms with Gasteiger partial charge >= 0.3 is 12.3 Å². The van der Waals surface area contributed by atoms with Crippen molar-refractivity contribution in [1.29, 1.82) is 0 Å². The van der Waals surface area contributed by atoms with E-state index < -0.39 is 30.4 Å². The van der Waals surface area contributed by atoms with Crippen LogP contribution in [0.5, 0.6) is 0 Å². The number of aliphatic hydroxyl groups excluding tert-OH is 1. The van der Waals surface area contributed by atoms with E-state index in [0.717, 1.165) is 0 Å². The third-order valence-corrected chi connectivity index (χ3v) is 2.73. The third-order valence-electron chi connectivity index (χ3n) is 2.73. The van der Waals surface area contributed by atoms with E-state index in [1.807, 2.05) is 0 Å². The van der Waals surface area contributed by atoms with Crippen LogP contribution in [0.25, 0.3) is 0 Å². The van der Waals surface area contributed by atoms with Gasteiger partial charge in [0, 0.05) is 12.1 Å². The Morgan fingerprint density at radius 3 is 2.36 bits per heavy atom. The van der Waals surface area contributed by atoms with Gasteiger partial charge in [-0.1, -0.05) is 12.1 Å². The summed E-state index contributed by atoms with van der Waals surface area (Å²) in [7, 11) is 0. The fraction of sp³-hybridized carbons (Fsp3) is 0.533. The van der Waals surface area contributed by atoms with E-state index in [1.54, 1.807) is 27.7 Å². The Labute approximate surface area is 127 Å². The Kier molecular flexibility index (Phi) is 5.45. The minimum atomic E-state index is -4.65. The molecule has 0 saturated carbocycles. The molecule has 0 fully saturated rings. The number of halogens is 3. The number of hydrogen-bond donors (Lipinski definition) is 2. The third kappa shape index (κ3) is 5.93. The molecule has 22 heavy (non-hydrogen) atoms. The molecular formula is C15H20F3NO3. The smallest absolute Gasteiger partial charge is 0.414 e. The van der Waals surface area contributed by atoms with Crippen LogP contribution in [-0.4, -0.2) is 29.1 Å². The molecule has 0 aromatic heterocycles. The minimum Gasteiger partial charge on any atom is -0.444 e. The van der Waals surface area contributed by atoms with Crippen LogP contribution in [0.1, 0.15) is 31.9 Å². The first-order chi connectivity index (χ1) is 9.88. The van der Waals surface area contributed by atoms with Crippen molar-refractivity contribution < 1.29 is 27.8 Å². The maximum absolute atomic E-state index is 12.3. The molecule has 2 N–H and O–H groups in total. The predicted octanol–water partition coefficient (Wildman–Crippen LogP) is 3.81. The summed E-state index contributed by atoms with van der Waals surface area (Å²) in [5.74, 6) is 0. The quantitative estimate of drug-likeness (QED) is 0.891. The second-order valence-corrected chi connectivity index (χ2v) is 6.04. The summed E-state index contributed by atoms with van der Waals surface area (Å²) in [6.45, 7) is 6.82. The van der Waals surface area contributed by atoms with E-state index in [4.69, 9.17) is 9.84 Å². The molecule has 1 aromatic rings. The number of nitrogens with one attached hydrogen (secondary N) is 1. The highest BCUT2D eigenvalue weighted by molar-refractivity contribution is 5.85. The summed E-state index contributed by atoms with van der Waals surface area (Å²) in [6, 6.07) is 4.40. The first-order valence-corrected chi connectivity index (χ1v) is 6.73. The van der Waals surface area contributed by atoms with Gasteiger partial charge in [0.2, 0.25) is 0 Å². The van der Waals surface area contributed by atoms with Crippen LogP contribution in [0.3, 0.4) is 0 Å². The summed E-state index contributed by atoms with van der Waals surface area (Å²) in [5.41, 5.74) is 0.712. The van der Waals surface area contributed by atoms with Gasteiger partial charge in [-0.15, -0.1) is 0 Å². The Morgan fingerprint density at radius 1 is 1.32 bits per heavy atom. The topological polar surface area (TPSA) is 58.6 Å². The molecule has 0 aliphatic heterocycles. The number of carbonyl (C=O) groups excluding carboxylic acids is 1. The molecule has 1 rings (SSSR count). The van der Waals surface area contributed by atoms with Crippen molar-refractivity contribution in [3.05, 3.63) is 29.3 Å². The number of hydrogen-bond acceptors (Lipinski definition) is 3. The van der Waals surface area contributed by atoms with Crippen molar-refractivity contribution in [2.45, 2.75) is 52.0 Å². The Morgan fingerprint density at radius 2 is 1.91 bits per heavy atom. The van der Waals surface area contributed by atoms with Crippen molar-refractivity contribution in [2.75, 3.05) is 5.32 Å². The molecule has 1 unspecified atom stereocenters. The molecule has 1 atom stereocenters. The second-order valence-electron chi connectivity index (χ2n) is 6.04. The zero-order chi connectivity index (χ0) is 17.1. The molecule has 0 heterocycles. The van der Waals surface area contributed by atoms with Gasteiger partial charge in [0.1, 0.15) is 5.60 Å². The highest BCUT2D eigenvalue weighted by Gasteiger charge is 2.37. The normalized spacial score (nSPS) is 13.6. The van der Waals surface area contributed by atoms with Gasteiger partial charge in [0.15, 0.2) is 6.10 Å². The molecule has 1 amide bonds. The van der Waals surface area contributed by atoms with Gasteiger partial charge in [-0.3, -0.25) is 5.32 Å². The molecule has 124 valence electrons. The van der Waals surface area contributed by atoms with Gasteiger partial charge in [0.25, 0.3) is 0 Å². The summed E-state index contributed by atoms with van der Waals surface area (Å²) < 4.78 is 42.1. The van der Waals surface area contributed by atoms with E-state index in [-0.39, 0.29) is 0 Å². The Bertz CT molecular complexity index is 536. The van der Waals surface area contributed by atoms with Gasteiger partial charge in [-0.05, 0) is 44.9 Å². The minimum absolute atomic E-state index is 0.331. The maximum atomic E-state index is 12.3. The maximum Gasteiger partial charge on any atom is 0.414 e. The molecule has 0 spiro atoms. The van der Waals surface area contributed by atoms with Gasteiger partial charge in [-0.25, -0.2) is 4.79 Å². The highest BCUT2D eigenvalue weighted by Crippen LogP contribution is 2.25. The summed E-state index contributed by atoms with van der Waals surface area (Å²) >= 11 is 0. The van der Waals surface area contributed by atoms with Crippen LogP contribution in [0, 0.1) is 6.92 Å². The number of anilines is 1. The number of benzene rings is 1. The number of ether oxygens (including phenoxy) is 1. The van der Waals surface area contributed by atoms with E-state index in [0.29, 0.717) is 16.8 Å². The highest BCUT2D eigenvalue weighted by atomic mass is 19.4. The lowest BCUT2D eigenvalue weighted by atomic mass is 10.0. The molecule has 0 radical (unpaired) electrons. The standard InChI is InChI=1S/C15H20F3NO3/c1-9-7-10(8-12(20)15(16,17)18)5-6-11(9)19-13(21)22-14(2,3)4/h5-7,12,20H,8H2,1-4H3,(H,19,21). The Hall–Kier alpha value is -1.76. The first kappa shape index (κ1) is 18.3. The van der Waals surface area contributed by atoms with Crippen LogP contribution in [-0.2, 0) is 11.2 Å². The number of aliphatic hydroxyl groups is 1. The van der Waals surface area contributed by atoms with Gasteiger partial charge in [0.05, 0.1) is 0 Å². The molecular weight excluding hydrogens is 299 g/mol. The average Bonchev–Trinajstić information content (AvgIpc) is 2.29. The molecule has 0 bridgehead atoms. The van der Waals surface area contributed by atoms with Crippen molar-refractivity contribution in [2.24, 2.45) is 0 Å². The van der Waals surface area contributed by atoms with Crippen LogP contribution >= 0.6 is 0 Å². The number of aryl methyl sites for hydroxylation is 1. The number of carbonyl (C=O) groups is 1. The largest absolute Gasteiger partial charge is 0.444 e. The van der Waals surface area contributed by atoms with Crippen LogP contribution in [0.4, 0.5) is 23.7 Å². The van der Waals surface area contributed by atoms with Crippen molar-refractivity contribution in [3.8, 4) is 0 Å². The number of amides is 1. The lowest BCUT2D eigenvalue weighted by molar-refractivity contribution is -0.203. The van der Waals surface area contributed by atoms with Crippen molar-refractivity contribution in [3.63, 3.8) is 0 Å². The van der Waals surface area contributed by atoms with Crippen LogP contribution < -0.4 is 5.32 Å². The van der Waals surface area contributed by atoms with E-state index in [1.165, 1.54) is 18.2 Å². The molecule has 1 aromatic carbocycles. The van der Waals surface area contributed by atoms with Crippen LogP contribution in [0.2, 0.25) is 0 Å². The fourth-order valence-electron chi connectivity index (χ4n) is 1.75. The molecule has 0 saturated heterocycles. The van der Waals surface area contributed by atoms with E-state index in [9.17, 15) is 18.0 Å². The summed E-state index contributed by atoms with van der Waals surface area (Å²) in [4.78, 5) is 11.7. The SMILES string of the molecule is Cc1cc(CC(O)C(F)(F)F)ccc1NC(=O)OC(C)(C)C. The summed E-state index contributed by atoms with van der Waals surface area (Å²) in [5, 5.41) is 11.6. The van der Waals surface area contributed by atoms with Crippen LogP contribution in [0.15, 0.2) is 18.2 Å². The molecule has 0 aliphatic carbocycles. The van der Waals surface area contributed by atoms with E-state index in [2.05, 4.69) is 5.32 Å². The molecule has 4 nitrogen and oxygen atoms in total. The van der Waals surface area contributed by atoms with E-state index >= 15 is 0 Å². The Balaban J connectivity index is 2.76. The zero-order valence-corrected chi connectivity index (χ0v) is 12.9. The van der Waals surface area contributed by atoms with Crippen molar-refractivity contribution >= 4 is 11.8 Å². The van der Waals surface area contributed by atoms with Gasteiger partial charge < -0.3 is 9.84 Å². The first-order valence-electron chi connectivity index (χ1n) is 6.73. The van der Waals surface area contributed by atoms with Gasteiger partial charge in [-0.2, -0.15) is 13.2 Å². The average molecular weight is 319 g/mol. The monoisotopic (exact) mass is 319 g/mol.